The van der Waals surface area contributed by atoms with Gasteiger partial charge in [-0.15, -0.1) is 0 Å². The Bertz CT molecular complexity index is 268. The van der Waals surface area contributed by atoms with Crippen molar-refractivity contribution < 1.29 is 9.53 Å². The van der Waals surface area contributed by atoms with Gasteiger partial charge in [0.15, 0.2) is 0 Å². The van der Waals surface area contributed by atoms with Crippen molar-refractivity contribution in [2.75, 3.05) is 13.1 Å². The molecule has 4 heteroatoms. The summed E-state index contributed by atoms with van der Waals surface area (Å²) in [5.74, 6) is 0. The highest BCUT2D eigenvalue weighted by Crippen LogP contribution is 2.15. The molecule has 0 atom stereocenters. The number of nitriles is 1. The average molecular weight is 180 g/mol. The van der Waals surface area contributed by atoms with Crippen LogP contribution in [0, 0.1) is 11.3 Å². The van der Waals surface area contributed by atoms with Gasteiger partial charge < -0.3 is 9.64 Å². The highest BCUT2D eigenvalue weighted by molar-refractivity contribution is 5.70. The molecule has 70 valence electrons. The molecule has 0 radical (unpaired) electrons. The number of carbonyl (C=O) groups is 1. The van der Waals surface area contributed by atoms with Gasteiger partial charge in [-0.2, -0.15) is 5.26 Å². The fourth-order valence-electron chi connectivity index (χ4n) is 1.03. The van der Waals surface area contributed by atoms with E-state index >= 15 is 0 Å². The first-order valence-corrected chi connectivity index (χ1v) is 4.16. The summed E-state index contributed by atoms with van der Waals surface area (Å²) in [5.41, 5.74) is 0.975. The molecule has 1 fully saturated rings. The first kappa shape index (κ1) is 9.59. The van der Waals surface area contributed by atoms with Crippen molar-refractivity contribution in [3.05, 3.63) is 11.6 Å². The van der Waals surface area contributed by atoms with Crippen LogP contribution in [-0.4, -0.2) is 30.2 Å². The van der Waals surface area contributed by atoms with Crippen LogP contribution in [0.2, 0.25) is 0 Å². The molecule has 0 aromatic heterocycles. The maximum atomic E-state index is 11.2. The van der Waals surface area contributed by atoms with Gasteiger partial charge in [-0.25, -0.2) is 4.79 Å². The largest absolute Gasteiger partial charge is 0.447 e. The molecule has 0 spiro atoms. The smallest absolute Gasteiger partial charge is 0.410 e. The standard InChI is InChI=1S/C9H12N2O2/c1-7(2)13-9(12)11-5-8(6-11)3-4-10/h3,7H,5-6H2,1-2H3. The number of hydrogen-bond acceptors (Lipinski definition) is 3. The van der Waals surface area contributed by atoms with Gasteiger partial charge in [0.25, 0.3) is 0 Å². The molecular formula is C9H12N2O2. The second kappa shape index (κ2) is 3.94. The Kier molecular flexibility index (Phi) is 2.91. The van der Waals surface area contributed by atoms with Crippen LogP contribution in [0.15, 0.2) is 11.6 Å². The van der Waals surface area contributed by atoms with Crippen molar-refractivity contribution in [3.63, 3.8) is 0 Å². The van der Waals surface area contributed by atoms with Crippen molar-refractivity contribution >= 4 is 6.09 Å². The molecule has 1 amide bonds. The first-order valence-electron chi connectivity index (χ1n) is 4.16. The van der Waals surface area contributed by atoms with Crippen LogP contribution in [0.5, 0.6) is 0 Å². The molecule has 1 saturated heterocycles. The normalized spacial score (nSPS) is 14.9. The predicted octanol–water partition coefficient (Wildman–Crippen LogP) is 1.30. The minimum Gasteiger partial charge on any atom is -0.447 e. The Morgan fingerprint density at radius 1 is 1.69 bits per heavy atom. The molecule has 0 unspecified atom stereocenters. The quantitative estimate of drug-likeness (QED) is 0.571. The molecule has 0 bridgehead atoms. The fraction of sp³-hybridized carbons (Fsp3) is 0.556. The summed E-state index contributed by atoms with van der Waals surface area (Å²) in [6.45, 7) is 4.67. The Morgan fingerprint density at radius 2 is 2.31 bits per heavy atom. The van der Waals surface area contributed by atoms with E-state index in [9.17, 15) is 4.79 Å². The van der Waals surface area contributed by atoms with E-state index in [1.807, 2.05) is 19.9 Å². The van der Waals surface area contributed by atoms with Crippen molar-refractivity contribution in [3.8, 4) is 6.07 Å². The maximum absolute atomic E-state index is 11.2. The van der Waals surface area contributed by atoms with Gasteiger partial charge in [0.05, 0.1) is 12.2 Å². The lowest BCUT2D eigenvalue weighted by Gasteiger charge is -2.32. The number of nitrogens with zero attached hydrogens (tertiary/aromatic N) is 2. The Balaban J connectivity index is 2.32. The number of carbonyl (C=O) groups excluding carboxylic acids is 1. The lowest BCUT2D eigenvalue weighted by molar-refractivity contribution is 0.0717. The third kappa shape index (κ3) is 2.48. The summed E-state index contributed by atoms with van der Waals surface area (Å²) in [6.07, 6.45) is 1.08. The predicted molar refractivity (Wildman–Crippen MR) is 46.9 cm³/mol. The van der Waals surface area contributed by atoms with Gasteiger partial charge in [-0.05, 0) is 19.4 Å². The van der Waals surface area contributed by atoms with Crippen LogP contribution in [0.4, 0.5) is 4.79 Å². The summed E-state index contributed by atoms with van der Waals surface area (Å²) in [7, 11) is 0. The molecule has 1 aliphatic heterocycles. The molecule has 0 N–H and O–H groups in total. The minimum absolute atomic E-state index is 0.0866. The van der Waals surface area contributed by atoms with E-state index in [4.69, 9.17) is 10.00 Å². The van der Waals surface area contributed by atoms with E-state index in [1.165, 1.54) is 6.08 Å². The number of likely N-dealkylation sites (tertiary alicyclic amines) is 1. The second-order valence-corrected chi connectivity index (χ2v) is 3.22. The van der Waals surface area contributed by atoms with E-state index in [0.29, 0.717) is 13.1 Å². The summed E-state index contributed by atoms with van der Waals surface area (Å²) >= 11 is 0. The van der Waals surface area contributed by atoms with E-state index < -0.39 is 0 Å². The third-order valence-corrected chi connectivity index (χ3v) is 1.65. The van der Waals surface area contributed by atoms with Crippen molar-refractivity contribution in [1.82, 2.24) is 4.90 Å². The lowest BCUT2D eigenvalue weighted by Crippen LogP contribution is -2.45. The summed E-state index contributed by atoms with van der Waals surface area (Å²) in [5, 5.41) is 8.31. The zero-order valence-electron chi connectivity index (χ0n) is 7.78. The van der Waals surface area contributed by atoms with Crippen molar-refractivity contribution in [1.29, 1.82) is 5.26 Å². The van der Waals surface area contributed by atoms with Gasteiger partial charge in [0.2, 0.25) is 0 Å². The Morgan fingerprint density at radius 3 is 2.77 bits per heavy atom. The van der Waals surface area contributed by atoms with Crippen LogP contribution in [-0.2, 0) is 4.74 Å². The van der Waals surface area contributed by atoms with Crippen molar-refractivity contribution in [2.45, 2.75) is 20.0 Å². The highest BCUT2D eigenvalue weighted by Gasteiger charge is 2.26. The van der Waals surface area contributed by atoms with Crippen LogP contribution < -0.4 is 0 Å². The highest BCUT2D eigenvalue weighted by atomic mass is 16.6. The summed E-state index contributed by atoms with van der Waals surface area (Å²) in [4.78, 5) is 12.7. The molecule has 0 saturated carbocycles. The van der Waals surface area contributed by atoms with Gasteiger partial charge in [-0.3, -0.25) is 0 Å². The first-order chi connectivity index (χ1) is 6.13. The van der Waals surface area contributed by atoms with Gasteiger partial charge in [-0.1, -0.05) is 0 Å². The molecular weight excluding hydrogens is 168 g/mol. The van der Waals surface area contributed by atoms with Gasteiger partial charge in [0.1, 0.15) is 0 Å². The summed E-state index contributed by atoms with van der Waals surface area (Å²) in [6, 6.07) is 1.93. The zero-order valence-corrected chi connectivity index (χ0v) is 7.78. The Hall–Kier alpha value is -1.50. The number of rotatable bonds is 1. The van der Waals surface area contributed by atoms with Gasteiger partial charge >= 0.3 is 6.09 Å². The van der Waals surface area contributed by atoms with Crippen LogP contribution >= 0.6 is 0 Å². The average Bonchev–Trinajstić information content (AvgIpc) is 1.93. The molecule has 1 rings (SSSR count). The topological polar surface area (TPSA) is 53.3 Å². The molecule has 1 heterocycles. The number of amides is 1. The van der Waals surface area contributed by atoms with E-state index in [1.54, 1.807) is 4.90 Å². The molecule has 1 aliphatic rings. The second-order valence-electron chi connectivity index (χ2n) is 3.22. The lowest BCUT2D eigenvalue weighted by atomic mass is 10.1. The monoisotopic (exact) mass is 180 g/mol. The van der Waals surface area contributed by atoms with E-state index in [-0.39, 0.29) is 12.2 Å². The zero-order chi connectivity index (χ0) is 9.84. The Labute approximate surface area is 77.4 Å². The van der Waals surface area contributed by atoms with E-state index in [0.717, 1.165) is 5.57 Å². The summed E-state index contributed by atoms with van der Waals surface area (Å²) < 4.78 is 4.96. The third-order valence-electron chi connectivity index (χ3n) is 1.65. The minimum atomic E-state index is -0.301. The van der Waals surface area contributed by atoms with Crippen LogP contribution in [0.3, 0.4) is 0 Å². The number of hydrogen-bond donors (Lipinski definition) is 0. The molecule has 13 heavy (non-hydrogen) atoms. The SMILES string of the molecule is CC(C)OC(=O)N1CC(=CC#N)C1. The fourth-order valence-corrected chi connectivity index (χ4v) is 1.03. The molecule has 4 nitrogen and oxygen atoms in total. The van der Waals surface area contributed by atoms with Crippen LogP contribution in [0.25, 0.3) is 0 Å². The van der Waals surface area contributed by atoms with E-state index in [2.05, 4.69) is 0 Å². The van der Waals surface area contributed by atoms with Crippen molar-refractivity contribution in [2.24, 2.45) is 0 Å². The molecule has 0 aromatic rings. The number of allylic oxidation sites excluding steroid dienone is 1. The molecule has 0 aliphatic carbocycles. The molecule has 0 aromatic carbocycles. The van der Waals surface area contributed by atoms with Gasteiger partial charge in [0, 0.05) is 19.2 Å². The van der Waals surface area contributed by atoms with Crippen LogP contribution in [0.1, 0.15) is 13.8 Å². The maximum Gasteiger partial charge on any atom is 0.410 e. The number of ether oxygens (including phenoxy) is 1.